The number of amides is 1. The lowest BCUT2D eigenvalue weighted by Crippen LogP contribution is -2.51. The number of carbonyl (C=O) groups excluding carboxylic acids is 1. The lowest BCUT2D eigenvalue weighted by molar-refractivity contribution is -0.120. The molecule has 4 aliphatic carbocycles. The van der Waals surface area contributed by atoms with E-state index >= 15 is 0 Å². The Bertz CT molecular complexity index is 889. The maximum atomic E-state index is 12.6. The van der Waals surface area contributed by atoms with Crippen LogP contribution in [0.5, 0.6) is 5.75 Å². The highest BCUT2D eigenvalue weighted by Crippen LogP contribution is 2.59. The largest absolute Gasteiger partial charge is 0.497 e. The number of thioether (sulfide) groups is 1. The summed E-state index contributed by atoms with van der Waals surface area (Å²) in [6, 6.07) is 7.79. The number of aryl methyl sites for hydroxylation is 1. The Morgan fingerprint density at radius 2 is 1.77 bits per heavy atom. The summed E-state index contributed by atoms with van der Waals surface area (Å²) in [5.74, 6) is 4.80. The molecule has 0 spiro atoms. The monoisotopic (exact) mass is 426 g/mol. The van der Waals surface area contributed by atoms with Gasteiger partial charge in [-0.2, -0.15) is 0 Å². The lowest BCUT2D eigenvalue weighted by Gasteiger charge is -2.56. The smallest absolute Gasteiger partial charge is 0.230 e. The molecule has 1 N–H and O–H groups in total. The SMILES string of the molecule is COc1ccc(-n2c(C)nnc2SCC(=O)NCC23CC4CC(CC(C4)C2)C3)cc1. The van der Waals surface area contributed by atoms with E-state index in [2.05, 4.69) is 15.5 Å². The summed E-state index contributed by atoms with van der Waals surface area (Å²) in [6.07, 6.45) is 8.25. The van der Waals surface area contributed by atoms with E-state index in [4.69, 9.17) is 4.74 Å². The van der Waals surface area contributed by atoms with Crippen molar-refractivity contribution < 1.29 is 9.53 Å². The number of carbonyl (C=O) groups is 1. The Kier molecular flexibility index (Phi) is 5.25. The van der Waals surface area contributed by atoms with Gasteiger partial charge in [0.2, 0.25) is 5.91 Å². The first-order valence-electron chi connectivity index (χ1n) is 11.0. The molecule has 1 amide bonds. The van der Waals surface area contributed by atoms with E-state index < -0.39 is 0 Å². The summed E-state index contributed by atoms with van der Waals surface area (Å²) < 4.78 is 7.22. The number of aromatic nitrogens is 3. The van der Waals surface area contributed by atoms with Crippen LogP contribution >= 0.6 is 11.8 Å². The molecule has 160 valence electrons. The Hall–Kier alpha value is -2.02. The quantitative estimate of drug-likeness (QED) is 0.678. The third-order valence-corrected chi connectivity index (χ3v) is 8.21. The van der Waals surface area contributed by atoms with Crippen LogP contribution in [-0.2, 0) is 4.79 Å². The van der Waals surface area contributed by atoms with Crippen LogP contribution in [0.25, 0.3) is 5.69 Å². The molecule has 0 atom stereocenters. The van der Waals surface area contributed by atoms with Crippen LogP contribution in [0.4, 0.5) is 0 Å². The van der Waals surface area contributed by atoms with Crippen molar-refractivity contribution >= 4 is 17.7 Å². The zero-order valence-electron chi connectivity index (χ0n) is 17.8. The minimum absolute atomic E-state index is 0.0951. The fourth-order valence-corrected chi connectivity index (χ4v) is 7.27. The molecule has 4 bridgehead atoms. The maximum absolute atomic E-state index is 12.6. The Balaban J connectivity index is 1.19. The number of nitrogens with one attached hydrogen (secondary N) is 1. The maximum Gasteiger partial charge on any atom is 0.230 e. The van der Waals surface area contributed by atoms with Crippen LogP contribution in [0, 0.1) is 30.1 Å². The van der Waals surface area contributed by atoms with Crippen molar-refractivity contribution in [2.75, 3.05) is 19.4 Å². The zero-order valence-corrected chi connectivity index (χ0v) is 18.6. The molecule has 4 saturated carbocycles. The van der Waals surface area contributed by atoms with Gasteiger partial charge < -0.3 is 10.1 Å². The predicted molar refractivity (Wildman–Crippen MR) is 117 cm³/mol. The summed E-state index contributed by atoms with van der Waals surface area (Å²) in [6.45, 7) is 2.77. The summed E-state index contributed by atoms with van der Waals surface area (Å²) in [7, 11) is 1.66. The first-order valence-corrected chi connectivity index (χ1v) is 12.0. The van der Waals surface area contributed by atoms with Crippen molar-refractivity contribution in [2.24, 2.45) is 23.2 Å². The number of rotatable bonds is 7. The van der Waals surface area contributed by atoms with Gasteiger partial charge in [0, 0.05) is 12.2 Å². The van der Waals surface area contributed by atoms with E-state index in [1.165, 1.54) is 50.3 Å². The fourth-order valence-electron chi connectivity index (χ4n) is 6.44. The van der Waals surface area contributed by atoms with Crippen molar-refractivity contribution in [3.05, 3.63) is 30.1 Å². The van der Waals surface area contributed by atoms with E-state index in [-0.39, 0.29) is 5.91 Å². The molecule has 4 aliphatic rings. The van der Waals surface area contributed by atoms with Gasteiger partial charge in [-0.15, -0.1) is 10.2 Å². The highest BCUT2D eigenvalue weighted by atomic mass is 32.2. The van der Waals surface area contributed by atoms with E-state index in [0.717, 1.165) is 46.7 Å². The number of benzene rings is 1. The van der Waals surface area contributed by atoms with Gasteiger partial charge in [-0.25, -0.2) is 0 Å². The molecule has 0 unspecified atom stereocenters. The van der Waals surface area contributed by atoms with Crippen LogP contribution in [0.2, 0.25) is 0 Å². The Morgan fingerprint density at radius 1 is 1.13 bits per heavy atom. The van der Waals surface area contributed by atoms with E-state index in [0.29, 0.717) is 11.2 Å². The van der Waals surface area contributed by atoms with Gasteiger partial charge >= 0.3 is 0 Å². The van der Waals surface area contributed by atoms with Gasteiger partial charge in [0.05, 0.1) is 12.9 Å². The van der Waals surface area contributed by atoms with Gasteiger partial charge in [0.1, 0.15) is 11.6 Å². The van der Waals surface area contributed by atoms with Crippen molar-refractivity contribution in [3.63, 3.8) is 0 Å². The second-order valence-electron chi connectivity index (χ2n) is 9.55. The van der Waals surface area contributed by atoms with Crippen molar-refractivity contribution in [1.82, 2.24) is 20.1 Å². The van der Waals surface area contributed by atoms with Gasteiger partial charge in [-0.05, 0) is 92.9 Å². The van der Waals surface area contributed by atoms with Gasteiger partial charge in [-0.1, -0.05) is 11.8 Å². The summed E-state index contributed by atoms with van der Waals surface area (Å²) in [4.78, 5) is 12.6. The average Bonchev–Trinajstić information content (AvgIpc) is 3.10. The number of nitrogens with zero attached hydrogens (tertiary/aromatic N) is 3. The van der Waals surface area contributed by atoms with E-state index in [1.54, 1.807) is 7.11 Å². The third-order valence-electron chi connectivity index (χ3n) is 7.28. The van der Waals surface area contributed by atoms with Crippen LogP contribution in [0.1, 0.15) is 44.3 Å². The van der Waals surface area contributed by atoms with Gasteiger partial charge in [0.25, 0.3) is 0 Å². The highest BCUT2D eigenvalue weighted by Gasteiger charge is 2.50. The van der Waals surface area contributed by atoms with E-state index in [1.807, 2.05) is 35.8 Å². The third kappa shape index (κ3) is 3.84. The molecule has 30 heavy (non-hydrogen) atoms. The fraction of sp³-hybridized carbons (Fsp3) is 0.609. The second-order valence-corrected chi connectivity index (χ2v) is 10.5. The molecule has 1 aromatic carbocycles. The molecular weight excluding hydrogens is 396 g/mol. The number of ether oxygens (including phenoxy) is 1. The van der Waals surface area contributed by atoms with Crippen LogP contribution in [0.3, 0.4) is 0 Å². The van der Waals surface area contributed by atoms with E-state index in [9.17, 15) is 4.79 Å². The first kappa shape index (κ1) is 19.9. The summed E-state index contributed by atoms with van der Waals surface area (Å²) >= 11 is 1.44. The zero-order chi connectivity index (χ0) is 20.7. The van der Waals surface area contributed by atoms with Crippen molar-refractivity contribution in [2.45, 2.75) is 50.6 Å². The van der Waals surface area contributed by atoms with Gasteiger partial charge in [-0.3, -0.25) is 9.36 Å². The normalized spacial score (nSPS) is 29.2. The Morgan fingerprint density at radius 3 is 2.37 bits per heavy atom. The molecule has 1 heterocycles. The van der Waals surface area contributed by atoms with Gasteiger partial charge in [0.15, 0.2) is 5.16 Å². The standard InChI is InChI=1S/C23H30N4O2S/c1-15-25-26-22(27(15)19-3-5-20(29-2)6-4-19)30-13-21(28)24-14-23-10-16-7-17(11-23)9-18(8-16)12-23/h3-6,16-18H,7-14H2,1-2H3,(H,24,28). The highest BCUT2D eigenvalue weighted by molar-refractivity contribution is 7.99. The summed E-state index contributed by atoms with van der Waals surface area (Å²) in [5.41, 5.74) is 1.34. The molecule has 6 rings (SSSR count). The van der Waals surface area contributed by atoms with Crippen molar-refractivity contribution in [3.8, 4) is 11.4 Å². The number of hydrogen-bond donors (Lipinski definition) is 1. The molecular formula is C23H30N4O2S. The first-order chi connectivity index (χ1) is 14.5. The molecule has 0 aliphatic heterocycles. The number of hydrogen-bond acceptors (Lipinski definition) is 5. The molecule has 1 aromatic heterocycles. The molecule has 0 saturated heterocycles. The number of methoxy groups -OCH3 is 1. The topological polar surface area (TPSA) is 69.0 Å². The lowest BCUT2D eigenvalue weighted by atomic mass is 9.49. The van der Waals surface area contributed by atoms with Crippen LogP contribution < -0.4 is 10.1 Å². The minimum atomic E-state index is 0.0951. The predicted octanol–water partition coefficient (Wildman–Crippen LogP) is 4.01. The van der Waals surface area contributed by atoms with Crippen LogP contribution in [0.15, 0.2) is 29.4 Å². The molecule has 4 fully saturated rings. The second kappa shape index (κ2) is 7.91. The molecule has 7 heteroatoms. The molecule has 2 aromatic rings. The molecule has 0 radical (unpaired) electrons. The average molecular weight is 427 g/mol. The minimum Gasteiger partial charge on any atom is -0.497 e. The summed E-state index contributed by atoms with van der Waals surface area (Å²) in [5, 5.41) is 12.5. The van der Waals surface area contributed by atoms with Crippen molar-refractivity contribution in [1.29, 1.82) is 0 Å². The Labute approximate surface area is 182 Å². The van der Waals surface area contributed by atoms with Crippen LogP contribution in [-0.4, -0.2) is 40.1 Å². The molecule has 6 nitrogen and oxygen atoms in total.